The summed E-state index contributed by atoms with van der Waals surface area (Å²) in [7, 11) is 0. The van der Waals surface area contributed by atoms with Crippen molar-refractivity contribution in [3.8, 4) is 11.5 Å². The average Bonchev–Trinajstić information content (AvgIpc) is 2.58. The number of carboxylic acids is 1. The van der Waals surface area contributed by atoms with E-state index in [1.807, 2.05) is 0 Å². The first-order chi connectivity index (χ1) is 11.9. The molecule has 0 spiro atoms. The highest BCUT2D eigenvalue weighted by molar-refractivity contribution is 9.11. The molecule has 3 N–H and O–H groups in total. The summed E-state index contributed by atoms with van der Waals surface area (Å²) in [6, 6.07) is 9.98. The maximum absolute atomic E-state index is 11.1. The predicted octanol–water partition coefficient (Wildman–Crippen LogP) is 5.04. The first kappa shape index (κ1) is 17.4. The third-order valence-corrected chi connectivity index (χ3v) is 4.78. The van der Waals surface area contributed by atoms with Crippen molar-refractivity contribution < 1.29 is 20.1 Å². The van der Waals surface area contributed by atoms with Crippen molar-refractivity contribution in [2.45, 2.75) is 0 Å². The zero-order valence-electron chi connectivity index (χ0n) is 12.6. The molecule has 1 heterocycles. The Bertz CT molecular complexity index is 1010. The molecule has 3 rings (SSSR count). The topological polar surface area (TPSA) is 90.7 Å². The highest BCUT2D eigenvalue weighted by Crippen LogP contribution is 2.34. The fourth-order valence-corrected chi connectivity index (χ4v) is 3.54. The Labute approximate surface area is 159 Å². The summed E-state index contributed by atoms with van der Waals surface area (Å²) >= 11 is 6.54. The molecule has 0 aliphatic carbocycles. The maximum Gasteiger partial charge on any atom is 0.339 e. The Morgan fingerprint density at radius 3 is 2.24 bits per heavy atom. The van der Waals surface area contributed by atoms with Crippen LogP contribution in [-0.2, 0) is 0 Å². The van der Waals surface area contributed by atoms with Crippen molar-refractivity contribution in [1.82, 2.24) is 4.98 Å². The van der Waals surface area contributed by atoms with Gasteiger partial charge in [0, 0.05) is 5.39 Å². The molecule has 3 aromatic rings. The lowest BCUT2D eigenvalue weighted by atomic mass is 10.1. The minimum Gasteiger partial charge on any atom is -0.506 e. The number of carbonyl (C=O) groups is 1. The van der Waals surface area contributed by atoms with E-state index in [1.165, 1.54) is 6.07 Å². The quantitative estimate of drug-likeness (QED) is 0.505. The van der Waals surface area contributed by atoms with E-state index in [9.17, 15) is 15.0 Å². The molecule has 0 aliphatic rings. The number of hydrogen-bond acceptors (Lipinski definition) is 4. The number of rotatable bonds is 3. The number of nitrogens with zero attached hydrogens (tertiary/aromatic N) is 1. The van der Waals surface area contributed by atoms with E-state index in [-0.39, 0.29) is 22.6 Å². The molecule has 25 heavy (non-hydrogen) atoms. The molecule has 0 saturated carbocycles. The zero-order chi connectivity index (χ0) is 18.1. The average molecular weight is 465 g/mol. The summed E-state index contributed by atoms with van der Waals surface area (Å²) < 4.78 is 1.11. The minimum absolute atomic E-state index is 0.118. The number of pyridine rings is 1. The molecule has 0 saturated heterocycles. The Morgan fingerprint density at radius 1 is 0.960 bits per heavy atom. The minimum atomic E-state index is -1.21. The number of aromatic carboxylic acids is 1. The highest BCUT2D eigenvalue weighted by atomic mass is 79.9. The van der Waals surface area contributed by atoms with E-state index in [0.29, 0.717) is 20.0 Å². The smallest absolute Gasteiger partial charge is 0.339 e. The van der Waals surface area contributed by atoms with Crippen molar-refractivity contribution in [2.75, 3.05) is 0 Å². The third kappa shape index (κ3) is 3.52. The second kappa shape index (κ2) is 6.85. The zero-order valence-corrected chi connectivity index (χ0v) is 15.7. The molecule has 0 unspecified atom stereocenters. The Hall–Kier alpha value is -2.38. The number of halogens is 2. The van der Waals surface area contributed by atoms with Crippen molar-refractivity contribution in [1.29, 1.82) is 0 Å². The fraction of sp³-hybridized carbons (Fsp3) is 0. The monoisotopic (exact) mass is 463 g/mol. The molecule has 5 nitrogen and oxygen atoms in total. The number of phenols is 2. The van der Waals surface area contributed by atoms with E-state index >= 15 is 0 Å². The van der Waals surface area contributed by atoms with Crippen LogP contribution >= 0.6 is 31.9 Å². The number of benzene rings is 2. The first-order valence-electron chi connectivity index (χ1n) is 7.09. The lowest BCUT2D eigenvalue weighted by Crippen LogP contribution is -1.97. The van der Waals surface area contributed by atoms with Crippen LogP contribution < -0.4 is 0 Å². The SMILES string of the molecule is O=C(O)c1ccc2ccc(C=Cc3cc(Br)c(O)c(Br)c3)nc2c1O. The molecule has 0 aliphatic heterocycles. The van der Waals surface area contributed by atoms with Gasteiger partial charge in [-0.15, -0.1) is 0 Å². The Morgan fingerprint density at radius 2 is 1.60 bits per heavy atom. The summed E-state index contributed by atoms with van der Waals surface area (Å²) in [5, 5.41) is 29.6. The van der Waals surface area contributed by atoms with Gasteiger partial charge >= 0.3 is 5.97 Å². The molecule has 1 aromatic heterocycles. The van der Waals surface area contributed by atoms with E-state index in [4.69, 9.17) is 5.11 Å². The molecule has 0 radical (unpaired) electrons. The van der Waals surface area contributed by atoms with Gasteiger partial charge in [-0.1, -0.05) is 18.2 Å². The summed E-state index contributed by atoms with van der Waals surface area (Å²) in [5.74, 6) is -1.44. The molecule has 126 valence electrons. The Kier molecular flexibility index (Phi) is 4.78. The molecule has 0 atom stereocenters. The number of fused-ring (bicyclic) bond motifs is 1. The lowest BCUT2D eigenvalue weighted by molar-refractivity contribution is 0.0694. The summed E-state index contributed by atoms with van der Waals surface area (Å²) in [6.07, 6.45) is 3.53. The van der Waals surface area contributed by atoms with Crippen LogP contribution in [0.2, 0.25) is 0 Å². The van der Waals surface area contributed by atoms with Crippen LogP contribution in [0.15, 0.2) is 45.3 Å². The van der Waals surface area contributed by atoms with E-state index in [2.05, 4.69) is 36.8 Å². The van der Waals surface area contributed by atoms with Crippen LogP contribution in [0.1, 0.15) is 21.6 Å². The molecule has 0 bridgehead atoms. The molecule has 0 fully saturated rings. The van der Waals surface area contributed by atoms with Crippen molar-refractivity contribution in [3.05, 3.63) is 62.2 Å². The molecule has 0 amide bonds. The fourth-order valence-electron chi connectivity index (χ4n) is 2.32. The van der Waals surface area contributed by atoms with Gasteiger partial charge in [-0.2, -0.15) is 0 Å². The predicted molar refractivity (Wildman–Crippen MR) is 103 cm³/mol. The van der Waals surface area contributed by atoms with Gasteiger partial charge in [-0.3, -0.25) is 0 Å². The number of aromatic hydroxyl groups is 2. The maximum atomic E-state index is 11.1. The van der Waals surface area contributed by atoms with Gasteiger partial charge in [0.15, 0.2) is 5.75 Å². The van der Waals surface area contributed by atoms with Gasteiger partial charge in [0.1, 0.15) is 16.8 Å². The molecular weight excluding hydrogens is 454 g/mol. The molecule has 2 aromatic carbocycles. The largest absolute Gasteiger partial charge is 0.506 e. The first-order valence-corrected chi connectivity index (χ1v) is 8.67. The normalized spacial score (nSPS) is 11.3. The van der Waals surface area contributed by atoms with Crippen molar-refractivity contribution in [2.24, 2.45) is 0 Å². The van der Waals surface area contributed by atoms with E-state index < -0.39 is 5.97 Å². The van der Waals surface area contributed by atoms with Crippen LogP contribution in [0.5, 0.6) is 11.5 Å². The van der Waals surface area contributed by atoms with Gasteiger partial charge in [-0.25, -0.2) is 9.78 Å². The van der Waals surface area contributed by atoms with Gasteiger partial charge in [0.25, 0.3) is 0 Å². The number of aromatic nitrogens is 1. The number of phenolic OH excluding ortho intramolecular Hbond substituents is 1. The van der Waals surface area contributed by atoms with Crippen LogP contribution in [0.25, 0.3) is 23.1 Å². The molecular formula is C18H11Br2NO4. The number of hydrogen-bond donors (Lipinski definition) is 3. The highest BCUT2D eigenvalue weighted by Gasteiger charge is 2.13. The van der Waals surface area contributed by atoms with Gasteiger partial charge < -0.3 is 15.3 Å². The van der Waals surface area contributed by atoms with E-state index in [0.717, 1.165) is 5.56 Å². The van der Waals surface area contributed by atoms with Gasteiger partial charge in [0.2, 0.25) is 0 Å². The van der Waals surface area contributed by atoms with Crippen molar-refractivity contribution >= 4 is 60.9 Å². The van der Waals surface area contributed by atoms with Crippen LogP contribution in [0.4, 0.5) is 0 Å². The summed E-state index contributed by atoms with van der Waals surface area (Å²) in [4.78, 5) is 15.4. The van der Waals surface area contributed by atoms with E-state index in [1.54, 1.807) is 42.5 Å². The summed E-state index contributed by atoms with van der Waals surface area (Å²) in [6.45, 7) is 0. The number of carboxylic acid groups (broad SMARTS) is 1. The lowest BCUT2D eigenvalue weighted by Gasteiger charge is -2.05. The third-order valence-electron chi connectivity index (χ3n) is 3.57. The van der Waals surface area contributed by atoms with Crippen molar-refractivity contribution in [3.63, 3.8) is 0 Å². The standard InChI is InChI=1S/C18H11Br2NO4/c19-13-7-9(8-14(20)17(13)23)1-4-11-5-2-10-3-6-12(18(24)25)16(22)15(10)21-11/h1-8,22-23H,(H,24,25). The van der Waals surface area contributed by atoms with Crippen LogP contribution in [0.3, 0.4) is 0 Å². The van der Waals surface area contributed by atoms with Crippen LogP contribution in [-0.4, -0.2) is 26.3 Å². The second-order valence-electron chi connectivity index (χ2n) is 5.24. The van der Waals surface area contributed by atoms with Gasteiger partial charge in [0.05, 0.1) is 14.6 Å². The van der Waals surface area contributed by atoms with Crippen LogP contribution in [0, 0.1) is 0 Å². The van der Waals surface area contributed by atoms with Gasteiger partial charge in [-0.05, 0) is 67.8 Å². The Balaban J connectivity index is 2.02. The second-order valence-corrected chi connectivity index (χ2v) is 6.95. The summed E-state index contributed by atoms with van der Waals surface area (Å²) in [5.41, 5.74) is 1.43. The molecule has 7 heteroatoms.